The summed E-state index contributed by atoms with van der Waals surface area (Å²) in [7, 11) is 3.95. The van der Waals surface area contributed by atoms with Crippen LogP contribution in [0.25, 0.3) is 10.2 Å². The topological polar surface area (TPSA) is 50.3 Å². The fourth-order valence-electron chi connectivity index (χ4n) is 1.85. The van der Waals surface area contributed by atoms with Gasteiger partial charge in [0.1, 0.15) is 16.5 Å². The maximum Gasteiger partial charge on any atom is 0.146 e. The Labute approximate surface area is 117 Å². The van der Waals surface area contributed by atoms with Crippen LogP contribution in [0.5, 0.6) is 0 Å². The predicted octanol–water partition coefficient (Wildman–Crippen LogP) is 2.20. The van der Waals surface area contributed by atoms with E-state index in [0.717, 1.165) is 48.2 Å². The predicted molar refractivity (Wildman–Crippen MR) is 79.8 cm³/mol. The maximum absolute atomic E-state index is 5.35. The smallest absolute Gasteiger partial charge is 0.146 e. The first kappa shape index (κ1) is 14.2. The van der Waals surface area contributed by atoms with Crippen LogP contribution in [0, 0.1) is 0 Å². The van der Waals surface area contributed by atoms with Crippen LogP contribution in [0.2, 0.25) is 0 Å². The first-order chi connectivity index (χ1) is 9.24. The molecule has 0 aliphatic rings. The average Bonchev–Trinajstić information content (AvgIpc) is 2.86. The Morgan fingerprint density at radius 2 is 2.26 bits per heavy atom. The molecule has 19 heavy (non-hydrogen) atoms. The Kier molecular flexibility index (Phi) is 5.07. The molecule has 0 aromatic carbocycles. The lowest BCUT2D eigenvalue weighted by molar-refractivity contribution is 0.119. The minimum Gasteiger partial charge on any atom is -0.380 e. The molecule has 0 atom stereocenters. The van der Waals surface area contributed by atoms with Gasteiger partial charge in [-0.05, 0) is 25.4 Å². The number of fused-ring (bicyclic) bond motifs is 1. The van der Waals surface area contributed by atoms with E-state index in [1.54, 1.807) is 11.3 Å². The summed E-state index contributed by atoms with van der Waals surface area (Å²) >= 11 is 1.65. The van der Waals surface area contributed by atoms with Crippen LogP contribution in [0.15, 0.2) is 11.4 Å². The molecule has 2 rings (SSSR count). The third-order valence-corrected chi connectivity index (χ3v) is 3.65. The van der Waals surface area contributed by atoms with Crippen LogP contribution in [-0.4, -0.2) is 48.7 Å². The molecule has 0 fully saturated rings. The van der Waals surface area contributed by atoms with E-state index < -0.39 is 0 Å². The number of nitrogens with zero attached hydrogens (tertiary/aromatic N) is 3. The molecule has 2 aromatic rings. The van der Waals surface area contributed by atoms with Gasteiger partial charge in [0.05, 0.1) is 18.5 Å². The van der Waals surface area contributed by atoms with E-state index in [0.29, 0.717) is 0 Å². The second-order valence-corrected chi connectivity index (χ2v) is 5.21. The molecule has 0 amide bonds. The summed E-state index contributed by atoms with van der Waals surface area (Å²) in [5.74, 6) is 1.75. The lowest BCUT2D eigenvalue weighted by atomic mass is 10.3. The lowest BCUT2D eigenvalue weighted by Gasteiger charge is -2.15. The summed E-state index contributed by atoms with van der Waals surface area (Å²) in [5.41, 5.74) is 0. The standard InChI is InChI=1S/C13H20N4OS/c1-4-18-7-6-17(3)9-11-15-12(14-2)10-5-8-19-13(10)16-11/h5,8H,4,6-7,9H2,1-3H3,(H,14,15,16). The van der Waals surface area contributed by atoms with Gasteiger partial charge in [-0.3, -0.25) is 4.90 Å². The summed E-state index contributed by atoms with van der Waals surface area (Å²) < 4.78 is 5.35. The van der Waals surface area contributed by atoms with Gasteiger partial charge in [-0.1, -0.05) is 0 Å². The molecule has 104 valence electrons. The van der Waals surface area contributed by atoms with Crippen molar-refractivity contribution < 1.29 is 4.74 Å². The van der Waals surface area contributed by atoms with Crippen molar-refractivity contribution in [3.05, 3.63) is 17.3 Å². The first-order valence-electron chi connectivity index (χ1n) is 6.42. The van der Waals surface area contributed by atoms with Gasteiger partial charge in [-0.25, -0.2) is 9.97 Å². The van der Waals surface area contributed by atoms with Crippen molar-refractivity contribution in [3.8, 4) is 0 Å². The van der Waals surface area contributed by atoms with E-state index >= 15 is 0 Å². The van der Waals surface area contributed by atoms with Crippen molar-refractivity contribution in [2.45, 2.75) is 13.5 Å². The van der Waals surface area contributed by atoms with Crippen molar-refractivity contribution in [1.29, 1.82) is 0 Å². The molecular formula is C13H20N4OS. The molecule has 6 heteroatoms. The van der Waals surface area contributed by atoms with E-state index in [1.165, 1.54) is 0 Å². The second kappa shape index (κ2) is 6.79. The summed E-state index contributed by atoms with van der Waals surface area (Å²) in [6.07, 6.45) is 0. The van der Waals surface area contributed by atoms with Crippen molar-refractivity contribution in [1.82, 2.24) is 14.9 Å². The largest absolute Gasteiger partial charge is 0.380 e. The van der Waals surface area contributed by atoms with Crippen molar-refractivity contribution >= 4 is 27.4 Å². The normalized spacial score (nSPS) is 11.4. The maximum atomic E-state index is 5.35. The van der Waals surface area contributed by atoms with Gasteiger partial charge in [0, 0.05) is 20.2 Å². The Bertz CT molecular complexity index is 528. The summed E-state index contributed by atoms with van der Waals surface area (Å²) in [6, 6.07) is 2.05. The summed E-state index contributed by atoms with van der Waals surface area (Å²) in [4.78, 5) is 12.4. The van der Waals surface area contributed by atoms with Crippen molar-refractivity contribution in [3.63, 3.8) is 0 Å². The molecule has 1 N–H and O–H groups in total. The number of likely N-dealkylation sites (N-methyl/N-ethyl adjacent to an activating group) is 1. The summed E-state index contributed by atoms with van der Waals surface area (Å²) in [6.45, 7) is 5.12. The van der Waals surface area contributed by atoms with Gasteiger partial charge in [0.15, 0.2) is 0 Å². The molecule has 2 heterocycles. The van der Waals surface area contributed by atoms with Crippen LogP contribution in [0.4, 0.5) is 5.82 Å². The number of thiophene rings is 1. The molecule has 0 aliphatic heterocycles. The number of nitrogens with one attached hydrogen (secondary N) is 1. The van der Waals surface area contributed by atoms with Crippen LogP contribution in [-0.2, 0) is 11.3 Å². The number of aromatic nitrogens is 2. The molecule has 0 saturated carbocycles. The van der Waals surface area contributed by atoms with Crippen LogP contribution in [0.3, 0.4) is 0 Å². The summed E-state index contributed by atoms with van der Waals surface area (Å²) in [5, 5.41) is 6.27. The third-order valence-electron chi connectivity index (χ3n) is 2.84. The Balaban J connectivity index is 2.07. The molecular weight excluding hydrogens is 260 g/mol. The van der Waals surface area contributed by atoms with E-state index in [2.05, 4.69) is 33.3 Å². The van der Waals surface area contributed by atoms with Crippen LogP contribution < -0.4 is 5.32 Å². The van der Waals surface area contributed by atoms with Gasteiger partial charge in [-0.15, -0.1) is 11.3 Å². The quantitative estimate of drug-likeness (QED) is 0.788. The Morgan fingerprint density at radius 3 is 3.00 bits per heavy atom. The van der Waals surface area contributed by atoms with Gasteiger partial charge in [0.2, 0.25) is 0 Å². The molecule has 0 bridgehead atoms. The number of rotatable bonds is 7. The van der Waals surface area contributed by atoms with Crippen LogP contribution >= 0.6 is 11.3 Å². The molecule has 0 saturated heterocycles. The van der Waals surface area contributed by atoms with E-state index in [1.807, 2.05) is 19.4 Å². The van der Waals surface area contributed by atoms with E-state index in [4.69, 9.17) is 4.74 Å². The van der Waals surface area contributed by atoms with Gasteiger partial charge in [-0.2, -0.15) is 0 Å². The van der Waals surface area contributed by atoms with Gasteiger partial charge < -0.3 is 10.1 Å². The number of ether oxygens (including phenoxy) is 1. The fraction of sp³-hybridized carbons (Fsp3) is 0.538. The van der Waals surface area contributed by atoms with Gasteiger partial charge >= 0.3 is 0 Å². The van der Waals surface area contributed by atoms with E-state index in [-0.39, 0.29) is 0 Å². The average molecular weight is 280 g/mol. The van der Waals surface area contributed by atoms with E-state index in [9.17, 15) is 0 Å². The minimum absolute atomic E-state index is 0.732. The molecule has 5 nitrogen and oxygen atoms in total. The Morgan fingerprint density at radius 1 is 1.42 bits per heavy atom. The van der Waals surface area contributed by atoms with Crippen molar-refractivity contribution in [2.75, 3.05) is 39.2 Å². The highest BCUT2D eigenvalue weighted by atomic mass is 32.1. The second-order valence-electron chi connectivity index (χ2n) is 4.31. The number of hydrogen-bond donors (Lipinski definition) is 1. The third kappa shape index (κ3) is 3.62. The minimum atomic E-state index is 0.732. The first-order valence-corrected chi connectivity index (χ1v) is 7.30. The molecule has 0 unspecified atom stereocenters. The molecule has 2 aromatic heterocycles. The van der Waals surface area contributed by atoms with Crippen molar-refractivity contribution in [2.24, 2.45) is 0 Å². The Hall–Kier alpha value is -1.24. The molecule has 0 aliphatic carbocycles. The number of hydrogen-bond acceptors (Lipinski definition) is 6. The lowest BCUT2D eigenvalue weighted by Crippen LogP contribution is -2.24. The zero-order valence-electron chi connectivity index (χ0n) is 11.6. The molecule has 0 radical (unpaired) electrons. The van der Waals surface area contributed by atoms with Crippen LogP contribution in [0.1, 0.15) is 12.7 Å². The highest BCUT2D eigenvalue weighted by Gasteiger charge is 2.09. The number of anilines is 1. The zero-order valence-corrected chi connectivity index (χ0v) is 12.5. The monoisotopic (exact) mass is 280 g/mol. The highest BCUT2D eigenvalue weighted by molar-refractivity contribution is 7.16. The van der Waals surface area contributed by atoms with Gasteiger partial charge in [0.25, 0.3) is 0 Å². The fourth-order valence-corrected chi connectivity index (χ4v) is 2.63. The SMILES string of the molecule is CCOCCN(C)Cc1nc(NC)c2ccsc2n1. The highest BCUT2D eigenvalue weighted by Crippen LogP contribution is 2.24. The zero-order chi connectivity index (χ0) is 13.7. The molecule has 0 spiro atoms.